The van der Waals surface area contributed by atoms with Gasteiger partial charge in [0.25, 0.3) is 0 Å². The van der Waals surface area contributed by atoms with Crippen LogP contribution in [-0.2, 0) is 11.3 Å². The number of halogens is 1. The summed E-state index contributed by atoms with van der Waals surface area (Å²) in [5.41, 5.74) is 1.65. The summed E-state index contributed by atoms with van der Waals surface area (Å²) < 4.78 is 19.0. The van der Waals surface area contributed by atoms with Crippen LogP contribution in [0.1, 0.15) is 19.4 Å². The van der Waals surface area contributed by atoms with Crippen molar-refractivity contribution in [2.24, 2.45) is 5.92 Å². The second kappa shape index (κ2) is 8.12. The first-order valence-electron chi connectivity index (χ1n) is 6.74. The molecule has 108 valence electrons. The van der Waals surface area contributed by atoms with E-state index in [-0.39, 0.29) is 5.82 Å². The molecule has 0 radical (unpaired) electrons. The Balaban J connectivity index is 2.76. The Kier molecular flexibility index (Phi) is 6.81. The summed E-state index contributed by atoms with van der Waals surface area (Å²) in [4.78, 5) is 2.03. The molecule has 0 fully saturated rings. The lowest BCUT2D eigenvalue weighted by Crippen LogP contribution is -2.26. The normalized spacial score (nSPS) is 11.1. The Hall–Kier alpha value is -1.13. The molecule has 1 N–H and O–H groups in total. The second-order valence-electron chi connectivity index (χ2n) is 5.18. The molecule has 0 aliphatic heterocycles. The summed E-state index contributed by atoms with van der Waals surface area (Å²) in [6.45, 7) is 7.09. The Bertz CT molecular complexity index is 382. The van der Waals surface area contributed by atoms with Gasteiger partial charge in [-0.15, -0.1) is 0 Å². The van der Waals surface area contributed by atoms with Gasteiger partial charge in [0.05, 0.1) is 6.61 Å². The zero-order valence-electron chi connectivity index (χ0n) is 12.4. The maximum Gasteiger partial charge on any atom is 0.129 e. The van der Waals surface area contributed by atoms with Crippen molar-refractivity contribution >= 4 is 5.69 Å². The van der Waals surface area contributed by atoms with Crippen LogP contribution in [0.4, 0.5) is 10.1 Å². The molecule has 0 heterocycles. The number of anilines is 1. The van der Waals surface area contributed by atoms with E-state index in [1.165, 1.54) is 6.07 Å². The molecule has 0 unspecified atom stereocenters. The van der Waals surface area contributed by atoms with E-state index in [2.05, 4.69) is 19.2 Å². The average molecular weight is 268 g/mol. The van der Waals surface area contributed by atoms with Gasteiger partial charge in [-0.05, 0) is 24.6 Å². The van der Waals surface area contributed by atoms with E-state index in [1.54, 1.807) is 13.2 Å². The van der Waals surface area contributed by atoms with Gasteiger partial charge in [-0.2, -0.15) is 0 Å². The number of benzene rings is 1. The molecule has 1 aromatic carbocycles. The molecule has 3 nitrogen and oxygen atoms in total. The minimum Gasteiger partial charge on any atom is -0.383 e. The molecule has 0 spiro atoms. The van der Waals surface area contributed by atoms with E-state index in [1.807, 2.05) is 18.0 Å². The van der Waals surface area contributed by atoms with E-state index in [4.69, 9.17) is 4.74 Å². The molecule has 0 aliphatic rings. The number of hydrogen-bond donors (Lipinski definition) is 1. The summed E-state index contributed by atoms with van der Waals surface area (Å²) >= 11 is 0. The fraction of sp³-hybridized carbons (Fsp3) is 0.600. The monoisotopic (exact) mass is 268 g/mol. The standard InChI is InChI=1S/C15H25FN2O/c1-12(2)10-17-11-13-14(16)6-5-7-15(13)18(3)8-9-19-4/h5-7,12,17H,8-11H2,1-4H3. The maximum absolute atomic E-state index is 14.0. The minimum atomic E-state index is -0.155. The van der Waals surface area contributed by atoms with Crippen molar-refractivity contribution in [1.29, 1.82) is 0 Å². The molecule has 1 aromatic rings. The zero-order valence-corrected chi connectivity index (χ0v) is 12.4. The topological polar surface area (TPSA) is 24.5 Å². The fourth-order valence-electron chi connectivity index (χ4n) is 1.91. The van der Waals surface area contributed by atoms with E-state index in [0.29, 0.717) is 19.1 Å². The lowest BCUT2D eigenvalue weighted by atomic mass is 10.1. The predicted octanol–water partition coefficient (Wildman–Crippen LogP) is 2.65. The largest absolute Gasteiger partial charge is 0.383 e. The van der Waals surface area contributed by atoms with Crippen molar-refractivity contribution in [3.8, 4) is 0 Å². The van der Waals surface area contributed by atoms with Crippen LogP contribution >= 0.6 is 0 Å². The van der Waals surface area contributed by atoms with Crippen LogP contribution < -0.4 is 10.2 Å². The van der Waals surface area contributed by atoms with Gasteiger partial charge in [0.2, 0.25) is 0 Å². The molecule has 0 bridgehead atoms. The number of ether oxygens (including phenoxy) is 1. The molecule has 0 saturated heterocycles. The van der Waals surface area contributed by atoms with Crippen LogP contribution in [0.3, 0.4) is 0 Å². The van der Waals surface area contributed by atoms with Crippen molar-refractivity contribution in [2.75, 3.05) is 38.8 Å². The highest BCUT2D eigenvalue weighted by atomic mass is 19.1. The lowest BCUT2D eigenvalue weighted by Gasteiger charge is -2.23. The fourth-order valence-corrected chi connectivity index (χ4v) is 1.91. The first-order valence-corrected chi connectivity index (χ1v) is 6.74. The van der Waals surface area contributed by atoms with Gasteiger partial charge in [0, 0.05) is 38.5 Å². The van der Waals surface area contributed by atoms with Gasteiger partial charge in [0.1, 0.15) is 5.82 Å². The van der Waals surface area contributed by atoms with Crippen molar-refractivity contribution in [3.63, 3.8) is 0 Å². The molecule has 0 aliphatic carbocycles. The highest BCUT2D eigenvalue weighted by Gasteiger charge is 2.11. The van der Waals surface area contributed by atoms with Crippen LogP contribution in [0.5, 0.6) is 0 Å². The number of nitrogens with zero attached hydrogens (tertiary/aromatic N) is 1. The molecule has 0 aromatic heterocycles. The summed E-state index contributed by atoms with van der Waals surface area (Å²) in [7, 11) is 3.63. The SMILES string of the molecule is COCCN(C)c1cccc(F)c1CNCC(C)C. The van der Waals surface area contributed by atoms with Gasteiger partial charge in [-0.1, -0.05) is 19.9 Å². The first-order chi connectivity index (χ1) is 9.06. The third-order valence-electron chi connectivity index (χ3n) is 2.99. The van der Waals surface area contributed by atoms with Gasteiger partial charge < -0.3 is 15.0 Å². The predicted molar refractivity (Wildman–Crippen MR) is 78.1 cm³/mol. The minimum absolute atomic E-state index is 0.155. The third kappa shape index (κ3) is 5.17. The first kappa shape index (κ1) is 15.9. The molecule has 1 rings (SSSR count). The zero-order chi connectivity index (χ0) is 14.3. The number of hydrogen-bond acceptors (Lipinski definition) is 3. The summed E-state index contributed by atoms with van der Waals surface area (Å²) in [5, 5.41) is 3.30. The quantitative estimate of drug-likeness (QED) is 0.784. The smallest absolute Gasteiger partial charge is 0.129 e. The van der Waals surface area contributed by atoms with E-state index in [9.17, 15) is 4.39 Å². The van der Waals surface area contributed by atoms with Crippen LogP contribution in [0, 0.1) is 11.7 Å². The van der Waals surface area contributed by atoms with Crippen LogP contribution in [0.25, 0.3) is 0 Å². The molecular weight excluding hydrogens is 243 g/mol. The molecule has 4 heteroatoms. The van der Waals surface area contributed by atoms with Gasteiger partial charge in [-0.25, -0.2) is 4.39 Å². The van der Waals surface area contributed by atoms with Crippen LogP contribution in [0.15, 0.2) is 18.2 Å². The number of likely N-dealkylation sites (N-methyl/N-ethyl adjacent to an activating group) is 1. The summed E-state index contributed by atoms with van der Waals surface area (Å²) in [6.07, 6.45) is 0. The maximum atomic E-state index is 14.0. The van der Waals surface area contributed by atoms with Crippen molar-refractivity contribution < 1.29 is 9.13 Å². The van der Waals surface area contributed by atoms with E-state index < -0.39 is 0 Å². The second-order valence-corrected chi connectivity index (χ2v) is 5.18. The summed E-state index contributed by atoms with van der Waals surface area (Å²) in [5.74, 6) is 0.402. The van der Waals surface area contributed by atoms with Crippen LogP contribution in [-0.4, -0.2) is 33.9 Å². The number of nitrogens with one attached hydrogen (secondary N) is 1. The highest BCUT2D eigenvalue weighted by Crippen LogP contribution is 2.22. The van der Waals surface area contributed by atoms with Crippen molar-refractivity contribution in [1.82, 2.24) is 5.32 Å². The Morgan fingerprint density at radius 2 is 2.11 bits per heavy atom. The van der Waals surface area contributed by atoms with E-state index >= 15 is 0 Å². The van der Waals surface area contributed by atoms with E-state index in [0.717, 1.165) is 24.3 Å². The highest BCUT2D eigenvalue weighted by molar-refractivity contribution is 5.53. The Labute approximate surface area is 115 Å². The van der Waals surface area contributed by atoms with Gasteiger partial charge in [-0.3, -0.25) is 0 Å². The molecule has 19 heavy (non-hydrogen) atoms. The van der Waals surface area contributed by atoms with Gasteiger partial charge in [0.15, 0.2) is 0 Å². The molecular formula is C15H25FN2O. The molecule has 0 saturated carbocycles. The van der Waals surface area contributed by atoms with Gasteiger partial charge >= 0.3 is 0 Å². The summed E-state index contributed by atoms with van der Waals surface area (Å²) in [6, 6.07) is 5.21. The number of methoxy groups -OCH3 is 1. The Morgan fingerprint density at radius 3 is 2.74 bits per heavy atom. The van der Waals surface area contributed by atoms with Crippen LogP contribution in [0.2, 0.25) is 0 Å². The molecule has 0 atom stereocenters. The Morgan fingerprint density at radius 1 is 1.37 bits per heavy atom. The molecule has 0 amide bonds. The van der Waals surface area contributed by atoms with Crippen molar-refractivity contribution in [3.05, 3.63) is 29.6 Å². The average Bonchev–Trinajstić information content (AvgIpc) is 2.37. The van der Waals surface area contributed by atoms with Crippen molar-refractivity contribution in [2.45, 2.75) is 20.4 Å². The lowest BCUT2D eigenvalue weighted by molar-refractivity contribution is 0.206. The number of rotatable bonds is 8. The third-order valence-corrected chi connectivity index (χ3v) is 2.99.